The molecule has 1 aliphatic heterocycles. The Bertz CT molecular complexity index is 1530. The summed E-state index contributed by atoms with van der Waals surface area (Å²) in [5, 5.41) is 9.30. The molecule has 11 heteroatoms. The number of amides is 2. The molecule has 2 aromatic carbocycles. The molecule has 0 aliphatic carbocycles. The van der Waals surface area contributed by atoms with Crippen LogP contribution in [0.5, 0.6) is 0 Å². The average Bonchev–Trinajstić information content (AvgIpc) is 3.26. The highest BCUT2D eigenvalue weighted by molar-refractivity contribution is 6.31. The Morgan fingerprint density at radius 2 is 1.89 bits per heavy atom. The molecule has 4 aromatic rings. The van der Waals surface area contributed by atoms with Crippen molar-refractivity contribution in [2.24, 2.45) is 10.7 Å². The monoisotopic (exact) mass is 501 g/mol. The van der Waals surface area contributed by atoms with E-state index in [1.165, 1.54) is 18.3 Å². The van der Waals surface area contributed by atoms with E-state index in [-0.39, 0.29) is 17.4 Å². The summed E-state index contributed by atoms with van der Waals surface area (Å²) in [4.78, 5) is 38.2. The number of aromatic nitrogens is 2. The number of pyridine rings is 1. The van der Waals surface area contributed by atoms with Gasteiger partial charge in [0.25, 0.3) is 5.91 Å². The van der Waals surface area contributed by atoms with E-state index in [1.54, 1.807) is 25.1 Å². The van der Waals surface area contributed by atoms with Gasteiger partial charge in [0.15, 0.2) is 5.58 Å². The summed E-state index contributed by atoms with van der Waals surface area (Å²) in [6.45, 7) is 1.74. The highest BCUT2D eigenvalue weighted by Gasteiger charge is 2.31. The molecule has 0 saturated heterocycles. The van der Waals surface area contributed by atoms with Crippen molar-refractivity contribution in [1.29, 1.82) is 0 Å². The van der Waals surface area contributed by atoms with Crippen LogP contribution in [-0.2, 0) is 4.79 Å². The molecule has 0 radical (unpaired) electrons. The molecule has 2 amide bonds. The maximum absolute atomic E-state index is 13.4. The zero-order valence-electron chi connectivity index (χ0n) is 18.9. The third-order valence-electron chi connectivity index (χ3n) is 5.49. The van der Waals surface area contributed by atoms with Crippen molar-refractivity contribution in [1.82, 2.24) is 15.3 Å². The van der Waals surface area contributed by atoms with Gasteiger partial charge >= 0.3 is 6.01 Å². The number of nitrogens with one attached hydrogen (secondary N) is 3. The van der Waals surface area contributed by atoms with Gasteiger partial charge < -0.3 is 20.8 Å². The highest BCUT2D eigenvalue weighted by atomic mass is 35.5. The molecule has 3 heterocycles. The van der Waals surface area contributed by atoms with Crippen LogP contribution < -0.4 is 21.7 Å². The Hall–Kier alpha value is -4.70. The Labute approximate surface area is 210 Å². The molecule has 5 N–H and O–H groups in total. The van der Waals surface area contributed by atoms with Gasteiger partial charge in [0, 0.05) is 28.0 Å². The fraction of sp³-hybridized carbons (Fsp3) is 0.0800. The standard InChI is InChI=1S/C25H20ClN7O3/c1-13-20(23(35)31-19-12-14(22(27)34)10-11-28-19)21(15-6-2-3-7-16(15)26)32-24(29-13)33-25-30-17-8-4-5-9-18(17)36-25/h2-12,21H,1H3,(H2,27,34)(H,28,31,35)(H2,29,30,32,33). The molecular formula is C25H20ClN7O3. The number of guanidine groups is 1. The first kappa shape index (κ1) is 23.1. The van der Waals surface area contributed by atoms with Crippen LogP contribution >= 0.6 is 11.6 Å². The number of oxazole rings is 1. The van der Waals surface area contributed by atoms with Gasteiger partial charge in [0.1, 0.15) is 17.4 Å². The Morgan fingerprint density at radius 3 is 2.67 bits per heavy atom. The fourth-order valence-electron chi connectivity index (χ4n) is 3.82. The van der Waals surface area contributed by atoms with Gasteiger partial charge in [0.05, 0.1) is 5.57 Å². The summed E-state index contributed by atoms with van der Waals surface area (Å²) in [7, 11) is 0. The fourth-order valence-corrected chi connectivity index (χ4v) is 4.06. The van der Waals surface area contributed by atoms with Gasteiger partial charge in [-0.15, -0.1) is 0 Å². The van der Waals surface area contributed by atoms with Gasteiger partial charge in [-0.25, -0.2) is 9.98 Å². The van der Waals surface area contributed by atoms with Crippen molar-refractivity contribution in [3.8, 4) is 0 Å². The van der Waals surface area contributed by atoms with E-state index in [0.717, 1.165) is 0 Å². The SMILES string of the molecule is CC1=C(C(=O)Nc2cc(C(N)=O)ccn2)C(c2ccccc2Cl)N=C(Nc2nc3ccccc3o2)N1. The van der Waals surface area contributed by atoms with Crippen molar-refractivity contribution in [2.45, 2.75) is 13.0 Å². The molecule has 0 bridgehead atoms. The van der Waals surface area contributed by atoms with Crippen molar-refractivity contribution < 1.29 is 14.0 Å². The second kappa shape index (κ2) is 9.51. The maximum Gasteiger partial charge on any atom is 0.302 e. The summed E-state index contributed by atoms with van der Waals surface area (Å²) in [5.41, 5.74) is 8.35. The zero-order chi connectivity index (χ0) is 25.2. The Kier molecular flexibility index (Phi) is 6.09. The molecule has 2 aromatic heterocycles. The largest absolute Gasteiger partial charge is 0.423 e. The molecule has 1 atom stereocenters. The molecule has 0 fully saturated rings. The van der Waals surface area contributed by atoms with Crippen LogP contribution in [0.3, 0.4) is 0 Å². The number of fused-ring (bicyclic) bond motifs is 1. The van der Waals surface area contributed by atoms with Crippen molar-refractivity contribution in [2.75, 3.05) is 10.6 Å². The van der Waals surface area contributed by atoms with Crippen LogP contribution in [-0.4, -0.2) is 27.7 Å². The van der Waals surface area contributed by atoms with Gasteiger partial charge in [-0.3, -0.25) is 14.9 Å². The normalized spacial score (nSPS) is 15.3. The number of halogens is 1. The first-order valence-electron chi connectivity index (χ1n) is 10.9. The zero-order valence-corrected chi connectivity index (χ0v) is 19.7. The van der Waals surface area contributed by atoms with E-state index in [0.29, 0.717) is 38.9 Å². The number of carbonyl (C=O) groups excluding carboxylic acids is 2. The van der Waals surface area contributed by atoms with Gasteiger partial charge in [-0.05, 0) is 37.3 Å². The quantitative estimate of drug-likeness (QED) is 0.323. The lowest BCUT2D eigenvalue weighted by Gasteiger charge is -2.26. The number of benzene rings is 2. The predicted molar refractivity (Wildman–Crippen MR) is 136 cm³/mol. The number of para-hydroxylation sites is 2. The number of allylic oxidation sites excluding steroid dienone is 1. The van der Waals surface area contributed by atoms with Gasteiger partial charge in [-0.2, -0.15) is 4.98 Å². The van der Waals surface area contributed by atoms with Crippen LogP contribution in [0.4, 0.5) is 11.8 Å². The van der Waals surface area contributed by atoms with Crippen molar-refractivity contribution >= 4 is 52.3 Å². The average molecular weight is 502 g/mol. The number of hydrogen-bond donors (Lipinski definition) is 4. The summed E-state index contributed by atoms with van der Waals surface area (Å²) in [5.74, 6) is -0.594. The summed E-state index contributed by atoms with van der Waals surface area (Å²) in [6, 6.07) is 16.9. The lowest BCUT2D eigenvalue weighted by Crippen LogP contribution is -2.37. The second-order valence-corrected chi connectivity index (χ2v) is 8.33. The minimum Gasteiger partial charge on any atom is -0.423 e. The molecular weight excluding hydrogens is 482 g/mol. The highest BCUT2D eigenvalue weighted by Crippen LogP contribution is 2.35. The van der Waals surface area contributed by atoms with Crippen LogP contribution in [0.1, 0.15) is 28.9 Å². The summed E-state index contributed by atoms with van der Waals surface area (Å²) < 4.78 is 5.74. The molecule has 5 rings (SSSR count). The molecule has 1 unspecified atom stereocenters. The lowest BCUT2D eigenvalue weighted by atomic mass is 9.95. The molecule has 180 valence electrons. The van der Waals surface area contributed by atoms with Crippen molar-refractivity contribution in [3.05, 3.63) is 94.3 Å². The number of nitrogens with zero attached hydrogens (tertiary/aromatic N) is 3. The van der Waals surface area contributed by atoms with Crippen LogP contribution in [0.15, 0.2) is 87.5 Å². The van der Waals surface area contributed by atoms with E-state index >= 15 is 0 Å². The number of carbonyl (C=O) groups is 2. The second-order valence-electron chi connectivity index (χ2n) is 7.93. The number of aliphatic imine (C=N–C) groups is 1. The first-order chi connectivity index (χ1) is 17.4. The van der Waals surface area contributed by atoms with Crippen LogP contribution in [0, 0.1) is 0 Å². The molecule has 10 nitrogen and oxygen atoms in total. The number of hydrogen-bond acceptors (Lipinski definition) is 8. The Balaban J connectivity index is 1.48. The van der Waals surface area contributed by atoms with E-state index in [1.807, 2.05) is 30.3 Å². The molecule has 0 spiro atoms. The molecule has 36 heavy (non-hydrogen) atoms. The minimum absolute atomic E-state index is 0.175. The van der Waals surface area contributed by atoms with Crippen LogP contribution in [0.25, 0.3) is 11.1 Å². The van der Waals surface area contributed by atoms with Crippen LogP contribution in [0.2, 0.25) is 5.02 Å². The van der Waals surface area contributed by atoms with E-state index < -0.39 is 17.9 Å². The van der Waals surface area contributed by atoms with Crippen molar-refractivity contribution in [3.63, 3.8) is 0 Å². The predicted octanol–water partition coefficient (Wildman–Crippen LogP) is 4.00. The first-order valence-corrected chi connectivity index (χ1v) is 11.3. The smallest absolute Gasteiger partial charge is 0.302 e. The summed E-state index contributed by atoms with van der Waals surface area (Å²) in [6.07, 6.45) is 1.39. The molecule has 0 saturated carbocycles. The maximum atomic E-state index is 13.4. The Morgan fingerprint density at radius 1 is 1.11 bits per heavy atom. The topological polar surface area (TPSA) is 148 Å². The number of anilines is 2. The molecule has 1 aliphatic rings. The van der Waals surface area contributed by atoms with E-state index in [9.17, 15) is 9.59 Å². The minimum atomic E-state index is -0.758. The van der Waals surface area contributed by atoms with E-state index in [4.69, 9.17) is 26.7 Å². The number of primary amides is 1. The summed E-state index contributed by atoms with van der Waals surface area (Å²) >= 11 is 6.49. The van der Waals surface area contributed by atoms with Gasteiger partial charge in [-0.1, -0.05) is 41.9 Å². The number of rotatable bonds is 5. The lowest BCUT2D eigenvalue weighted by molar-refractivity contribution is -0.113. The third kappa shape index (κ3) is 4.62. The number of nitrogens with two attached hydrogens (primary N) is 1. The van der Waals surface area contributed by atoms with E-state index in [2.05, 4.69) is 25.9 Å². The van der Waals surface area contributed by atoms with Gasteiger partial charge in [0.2, 0.25) is 11.9 Å². The third-order valence-corrected chi connectivity index (χ3v) is 5.84.